The molecule has 0 saturated heterocycles. The van der Waals surface area contributed by atoms with E-state index in [1.54, 1.807) is 12.1 Å². The first-order valence-corrected chi connectivity index (χ1v) is 8.36. The summed E-state index contributed by atoms with van der Waals surface area (Å²) >= 11 is 0. The molecule has 0 spiro atoms. The third-order valence-corrected chi connectivity index (χ3v) is 4.78. The van der Waals surface area contributed by atoms with Crippen molar-refractivity contribution in [2.75, 3.05) is 0 Å². The molecule has 2 aromatic rings. The number of hydrogen-bond donors (Lipinski definition) is 0. The number of hydrogen-bond acceptors (Lipinski definition) is 0. The molecule has 0 radical (unpaired) electrons. The molecule has 120 valence electrons. The first kappa shape index (κ1) is 15.9. The average molecular weight is 312 g/mol. The zero-order valence-corrected chi connectivity index (χ0v) is 13.5. The molecule has 0 N–H and O–H groups in total. The monoisotopic (exact) mass is 312 g/mol. The summed E-state index contributed by atoms with van der Waals surface area (Å²) in [6, 6.07) is 10.4. The number of benzene rings is 2. The Morgan fingerprint density at radius 1 is 1.13 bits per heavy atom. The largest absolute Gasteiger partial charge is 0.204 e. The van der Waals surface area contributed by atoms with Crippen molar-refractivity contribution in [1.82, 2.24) is 0 Å². The normalized spacial score (nSPS) is 17.4. The summed E-state index contributed by atoms with van der Waals surface area (Å²) < 4.78 is 27.4. The van der Waals surface area contributed by atoms with Gasteiger partial charge < -0.3 is 0 Å². The Labute approximate surface area is 136 Å². The summed E-state index contributed by atoms with van der Waals surface area (Å²) in [6.45, 7) is 2.06. The van der Waals surface area contributed by atoms with E-state index in [9.17, 15) is 8.78 Å². The van der Waals surface area contributed by atoms with Gasteiger partial charge in [0.1, 0.15) is 0 Å². The lowest BCUT2D eigenvalue weighted by Crippen LogP contribution is -2.14. The van der Waals surface area contributed by atoms with Crippen LogP contribution in [0.1, 0.15) is 37.3 Å². The second kappa shape index (κ2) is 7.08. The third-order valence-electron chi connectivity index (χ3n) is 4.78. The highest BCUT2D eigenvalue weighted by molar-refractivity contribution is 5.66. The molecule has 0 fully saturated rings. The van der Waals surface area contributed by atoms with Crippen LogP contribution in [-0.2, 0) is 12.8 Å². The van der Waals surface area contributed by atoms with E-state index in [1.165, 1.54) is 24.0 Å². The molecule has 0 bridgehead atoms. The van der Waals surface area contributed by atoms with Gasteiger partial charge in [0, 0.05) is 5.56 Å². The van der Waals surface area contributed by atoms with Crippen molar-refractivity contribution in [1.29, 1.82) is 0 Å². The van der Waals surface area contributed by atoms with Crippen molar-refractivity contribution in [2.24, 2.45) is 5.92 Å². The van der Waals surface area contributed by atoms with Crippen molar-refractivity contribution in [3.8, 4) is 11.1 Å². The summed E-state index contributed by atoms with van der Waals surface area (Å²) in [4.78, 5) is 0. The summed E-state index contributed by atoms with van der Waals surface area (Å²) in [5.74, 6) is -0.813. The van der Waals surface area contributed by atoms with Gasteiger partial charge in [-0.25, -0.2) is 8.78 Å². The highest BCUT2D eigenvalue weighted by Gasteiger charge is 2.19. The summed E-state index contributed by atoms with van der Waals surface area (Å²) in [6.07, 6.45) is 10.0. The molecule has 0 saturated carbocycles. The molecule has 2 aromatic carbocycles. The molecule has 3 rings (SSSR count). The van der Waals surface area contributed by atoms with Gasteiger partial charge in [0.15, 0.2) is 11.6 Å². The summed E-state index contributed by atoms with van der Waals surface area (Å²) in [5, 5.41) is 0. The van der Waals surface area contributed by atoms with E-state index in [0.717, 1.165) is 36.8 Å². The Bertz CT molecular complexity index is 716. The van der Waals surface area contributed by atoms with Crippen LogP contribution in [0, 0.1) is 17.6 Å². The van der Waals surface area contributed by atoms with Crippen LogP contribution in [0.4, 0.5) is 8.78 Å². The van der Waals surface area contributed by atoms with Crippen LogP contribution >= 0.6 is 0 Å². The van der Waals surface area contributed by atoms with Crippen molar-refractivity contribution in [3.63, 3.8) is 0 Å². The number of rotatable bonds is 4. The highest BCUT2D eigenvalue weighted by atomic mass is 19.2. The van der Waals surface area contributed by atoms with E-state index in [4.69, 9.17) is 0 Å². The zero-order valence-electron chi connectivity index (χ0n) is 13.5. The molecule has 0 aliphatic heterocycles. The van der Waals surface area contributed by atoms with E-state index in [0.29, 0.717) is 5.56 Å². The fraction of sp³-hybridized carbons (Fsp3) is 0.333. The molecule has 0 heterocycles. The molecule has 1 atom stereocenters. The van der Waals surface area contributed by atoms with Crippen molar-refractivity contribution >= 4 is 0 Å². The molecule has 0 amide bonds. The van der Waals surface area contributed by atoms with Crippen LogP contribution < -0.4 is 0 Å². The minimum atomic E-state index is -0.788. The maximum atomic E-state index is 14.0. The molecule has 2 heteroatoms. The zero-order chi connectivity index (χ0) is 16.2. The second-order valence-electron chi connectivity index (χ2n) is 6.34. The predicted octanol–water partition coefficient (Wildman–Crippen LogP) is 6.09. The highest BCUT2D eigenvalue weighted by Crippen LogP contribution is 2.32. The Morgan fingerprint density at radius 2 is 2.00 bits per heavy atom. The van der Waals surface area contributed by atoms with Gasteiger partial charge in [-0.2, -0.15) is 0 Å². The molecule has 1 aliphatic carbocycles. The van der Waals surface area contributed by atoms with E-state index >= 15 is 0 Å². The third kappa shape index (κ3) is 3.52. The molecule has 1 unspecified atom stereocenters. The fourth-order valence-corrected chi connectivity index (χ4v) is 3.47. The lowest BCUT2D eigenvalue weighted by atomic mass is 9.80. The van der Waals surface area contributed by atoms with Crippen LogP contribution in [0.2, 0.25) is 0 Å². The lowest BCUT2D eigenvalue weighted by molar-refractivity contribution is 0.430. The van der Waals surface area contributed by atoms with E-state index < -0.39 is 11.6 Å². The van der Waals surface area contributed by atoms with E-state index in [2.05, 4.69) is 25.1 Å². The van der Waals surface area contributed by atoms with Crippen LogP contribution in [0.15, 0.2) is 48.6 Å². The number of allylic oxidation sites excluding steroid dienone is 2. The van der Waals surface area contributed by atoms with Gasteiger partial charge in [0.2, 0.25) is 0 Å². The van der Waals surface area contributed by atoms with Gasteiger partial charge in [-0.15, -0.1) is 0 Å². The number of halogens is 2. The smallest absolute Gasteiger partial charge is 0.166 e. The quantitative estimate of drug-likeness (QED) is 0.599. The Morgan fingerprint density at radius 3 is 2.83 bits per heavy atom. The average Bonchev–Trinajstić information content (AvgIpc) is 2.57. The number of aryl methyl sites for hydroxylation is 1. The van der Waals surface area contributed by atoms with E-state index in [-0.39, 0.29) is 0 Å². The standard InChI is InChI=1S/C21H22F2/c1-2-3-4-6-15-9-10-17-14-18(12-11-16(17)13-15)19-7-5-8-20(22)21(19)23/h2-3,5,7-8,11-12,14-15H,4,6,9-10,13H2,1H3/b3-2+. The van der Waals surface area contributed by atoms with Gasteiger partial charge in [-0.05, 0) is 67.7 Å². The van der Waals surface area contributed by atoms with Crippen molar-refractivity contribution < 1.29 is 8.78 Å². The topological polar surface area (TPSA) is 0 Å². The fourth-order valence-electron chi connectivity index (χ4n) is 3.47. The maximum absolute atomic E-state index is 14.0. The molecule has 0 nitrogen and oxygen atoms in total. The molecular weight excluding hydrogens is 290 g/mol. The minimum absolute atomic E-state index is 0.350. The predicted molar refractivity (Wildman–Crippen MR) is 91.4 cm³/mol. The SMILES string of the molecule is C/C=C/CCC1CCc2cc(-c3cccc(F)c3F)ccc2C1. The van der Waals surface area contributed by atoms with Gasteiger partial charge >= 0.3 is 0 Å². The first-order chi connectivity index (χ1) is 11.2. The van der Waals surface area contributed by atoms with Crippen LogP contribution in [-0.4, -0.2) is 0 Å². The lowest BCUT2D eigenvalue weighted by Gasteiger charge is -2.25. The maximum Gasteiger partial charge on any atom is 0.166 e. The van der Waals surface area contributed by atoms with Crippen molar-refractivity contribution in [3.05, 3.63) is 71.3 Å². The summed E-state index contributed by atoms with van der Waals surface area (Å²) in [7, 11) is 0. The second-order valence-corrected chi connectivity index (χ2v) is 6.34. The van der Waals surface area contributed by atoms with Gasteiger partial charge in [0.25, 0.3) is 0 Å². The number of fused-ring (bicyclic) bond motifs is 1. The van der Waals surface area contributed by atoms with Crippen molar-refractivity contribution in [2.45, 2.75) is 39.0 Å². The first-order valence-electron chi connectivity index (χ1n) is 8.36. The van der Waals surface area contributed by atoms with E-state index in [1.807, 2.05) is 12.1 Å². The molecule has 23 heavy (non-hydrogen) atoms. The summed E-state index contributed by atoms with van der Waals surface area (Å²) in [5.41, 5.74) is 3.77. The Hall–Kier alpha value is -1.96. The minimum Gasteiger partial charge on any atom is -0.204 e. The van der Waals surface area contributed by atoms with Gasteiger partial charge in [-0.1, -0.05) is 42.5 Å². The van der Waals surface area contributed by atoms with Crippen LogP contribution in [0.3, 0.4) is 0 Å². The Kier molecular flexibility index (Phi) is 4.90. The van der Waals surface area contributed by atoms with Gasteiger partial charge in [-0.3, -0.25) is 0 Å². The molecular formula is C21H22F2. The van der Waals surface area contributed by atoms with Crippen LogP contribution in [0.25, 0.3) is 11.1 Å². The molecule has 1 aliphatic rings. The Balaban J connectivity index is 1.80. The molecule has 0 aromatic heterocycles. The van der Waals surface area contributed by atoms with Gasteiger partial charge in [0.05, 0.1) is 0 Å². The van der Waals surface area contributed by atoms with Crippen LogP contribution in [0.5, 0.6) is 0 Å².